The summed E-state index contributed by atoms with van der Waals surface area (Å²) in [6, 6.07) is 2.15. The van der Waals surface area contributed by atoms with E-state index >= 15 is 0 Å². The van der Waals surface area contributed by atoms with Gasteiger partial charge in [-0.2, -0.15) is 0 Å². The van der Waals surface area contributed by atoms with Crippen LogP contribution in [-0.2, 0) is 6.54 Å². The van der Waals surface area contributed by atoms with Gasteiger partial charge in [-0.3, -0.25) is 0 Å². The monoisotopic (exact) mass is 309 g/mol. The zero-order valence-corrected chi connectivity index (χ0v) is 14.5. The van der Waals surface area contributed by atoms with Crippen LogP contribution in [0, 0.1) is 5.92 Å². The quantitative estimate of drug-likeness (QED) is 0.904. The smallest absolute Gasteiger partial charge is 0.128 e. The van der Waals surface area contributed by atoms with Crippen molar-refractivity contribution in [3.8, 4) is 0 Å². The van der Waals surface area contributed by atoms with Gasteiger partial charge in [0.1, 0.15) is 5.82 Å². The van der Waals surface area contributed by atoms with Crippen LogP contribution >= 0.6 is 11.6 Å². The normalized spacial score (nSPS) is 20.4. The highest BCUT2D eigenvalue weighted by Gasteiger charge is 2.17. The molecule has 1 atom stereocenters. The molecule has 1 aromatic heterocycles. The number of nitrogens with zero attached hydrogens (tertiary/aromatic N) is 2. The molecular formula is C17H28ClN3. The molecule has 1 unspecified atom stereocenters. The molecule has 0 amide bonds. The Morgan fingerprint density at radius 2 is 2.10 bits per heavy atom. The van der Waals surface area contributed by atoms with Crippen LogP contribution in [0.5, 0.6) is 0 Å². The predicted molar refractivity (Wildman–Crippen MR) is 91.1 cm³/mol. The molecule has 1 N–H and O–H groups in total. The fourth-order valence-corrected chi connectivity index (χ4v) is 2.80. The fourth-order valence-electron chi connectivity index (χ4n) is 2.63. The van der Waals surface area contributed by atoms with E-state index in [0.717, 1.165) is 42.0 Å². The van der Waals surface area contributed by atoms with Crippen molar-refractivity contribution in [1.29, 1.82) is 0 Å². The van der Waals surface area contributed by atoms with E-state index in [1.807, 2.05) is 0 Å². The van der Waals surface area contributed by atoms with E-state index < -0.39 is 0 Å². The van der Waals surface area contributed by atoms with Crippen molar-refractivity contribution in [3.05, 3.63) is 22.8 Å². The predicted octanol–water partition coefficient (Wildman–Crippen LogP) is 4.25. The molecule has 1 aromatic rings. The van der Waals surface area contributed by atoms with Crippen molar-refractivity contribution in [2.24, 2.45) is 5.92 Å². The van der Waals surface area contributed by atoms with E-state index in [1.54, 1.807) is 6.20 Å². The number of anilines is 1. The lowest BCUT2D eigenvalue weighted by molar-refractivity contribution is 0.424. The number of hydrogen-bond donors (Lipinski definition) is 1. The summed E-state index contributed by atoms with van der Waals surface area (Å²) in [6.45, 7) is 11.8. The SMILES string of the molecule is CC1CCCN(c2cc(CNC(C)(C)C)c(Cl)cn2)CC1. The van der Waals surface area contributed by atoms with Crippen molar-refractivity contribution < 1.29 is 0 Å². The molecule has 0 radical (unpaired) electrons. The molecule has 21 heavy (non-hydrogen) atoms. The minimum atomic E-state index is 0.0881. The first-order valence-electron chi connectivity index (χ1n) is 7.99. The molecule has 1 aliphatic heterocycles. The van der Waals surface area contributed by atoms with Gasteiger partial charge in [0.25, 0.3) is 0 Å². The van der Waals surface area contributed by atoms with Crippen molar-refractivity contribution in [2.75, 3.05) is 18.0 Å². The third-order valence-corrected chi connectivity index (χ3v) is 4.41. The van der Waals surface area contributed by atoms with Gasteiger partial charge in [0.05, 0.1) is 5.02 Å². The van der Waals surface area contributed by atoms with Gasteiger partial charge in [-0.1, -0.05) is 18.5 Å². The minimum Gasteiger partial charge on any atom is -0.357 e. The molecule has 0 bridgehead atoms. The minimum absolute atomic E-state index is 0.0881. The molecule has 2 heterocycles. The summed E-state index contributed by atoms with van der Waals surface area (Å²) in [5.41, 5.74) is 1.22. The fraction of sp³-hybridized carbons (Fsp3) is 0.706. The molecule has 0 aliphatic carbocycles. The average Bonchev–Trinajstić information content (AvgIpc) is 2.62. The lowest BCUT2D eigenvalue weighted by Crippen LogP contribution is -2.35. The van der Waals surface area contributed by atoms with Crippen molar-refractivity contribution in [2.45, 2.75) is 59.0 Å². The molecular weight excluding hydrogens is 282 g/mol. The maximum absolute atomic E-state index is 6.30. The highest BCUT2D eigenvalue weighted by atomic mass is 35.5. The van der Waals surface area contributed by atoms with Crippen LogP contribution in [0.4, 0.5) is 5.82 Å². The van der Waals surface area contributed by atoms with Crippen LogP contribution in [0.15, 0.2) is 12.3 Å². The molecule has 0 aromatic carbocycles. The standard InChI is InChI=1S/C17H28ClN3/c1-13-6-5-8-21(9-7-13)16-10-14(15(18)12-19-16)11-20-17(2,3)4/h10,12-13,20H,5-9,11H2,1-4H3. The van der Waals surface area contributed by atoms with E-state index in [1.165, 1.54) is 19.3 Å². The Morgan fingerprint density at radius 1 is 1.33 bits per heavy atom. The first kappa shape index (κ1) is 16.6. The zero-order chi connectivity index (χ0) is 15.5. The van der Waals surface area contributed by atoms with Gasteiger partial charge in [-0.15, -0.1) is 0 Å². The van der Waals surface area contributed by atoms with E-state index in [2.05, 4.69) is 49.0 Å². The highest BCUT2D eigenvalue weighted by Crippen LogP contribution is 2.24. The van der Waals surface area contributed by atoms with Crippen LogP contribution < -0.4 is 10.2 Å². The van der Waals surface area contributed by atoms with Crippen molar-refractivity contribution in [3.63, 3.8) is 0 Å². The average molecular weight is 310 g/mol. The van der Waals surface area contributed by atoms with E-state index in [-0.39, 0.29) is 5.54 Å². The third kappa shape index (κ3) is 5.15. The van der Waals surface area contributed by atoms with Crippen LogP contribution in [-0.4, -0.2) is 23.6 Å². The zero-order valence-electron chi connectivity index (χ0n) is 13.7. The van der Waals surface area contributed by atoms with Gasteiger partial charge < -0.3 is 10.2 Å². The van der Waals surface area contributed by atoms with E-state index in [9.17, 15) is 0 Å². The summed E-state index contributed by atoms with van der Waals surface area (Å²) in [7, 11) is 0. The number of pyridine rings is 1. The topological polar surface area (TPSA) is 28.2 Å². The largest absolute Gasteiger partial charge is 0.357 e. The summed E-state index contributed by atoms with van der Waals surface area (Å²) < 4.78 is 0. The number of aromatic nitrogens is 1. The molecule has 0 saturated carbocycles. The Hall–Kier alpha value is -0.800. The lowest BCUT2D eigenvalue weighted by atomic mass is 10.0. The molecule has 118 valence electrons. The van der Waals surface area contributed by atoms with Crippen LogP contribution in [0.3, 0.4) is 0 Å². The molecule has 3 nitrogen and oxygen atoms in total. The number of hydrogen-bond acceptors (Lipinski definition) is 3. The van der Waals surface area contributed by atoms with E-state index in [0.29, 0.717) is 0 Å². The lowest BCUT2D eigenvalue weighted by Gasteiger charge is -2.24. The van der Waals surface area contributed by atoms with Crippen molar-refractivity contribution >= 4 is 17.4 Å². The van der Waals surface area contributed by atoms with Crippen LogP contribution in [0.2, 0.25) is 5.02 Å². The van der Waals surface area contributed by atoms with Crippen molar-refractivity contribution in [1.82, 2.24) is 10.3 Å². The summed E-state index contributed by atoms with van der Waals surface area (Å²) in [5.74, 6) is 1.89. The molecule has 1 aliphatic rings. The second-order valence-electron chi connectivity index (χ2n) is 7.26. The second-order valence-corrected chi connectivity index (χ2v) is 7.67. The number of nitrogens with one attached hydrogen (secondary N) is 1. The Bertz CT molecular complexity index is 468. The summed E-state index contributed by atoms with van der Waals surface area (Å²) in [4.78, 5) is 6.94. The van der Waals surface area contributed by atoms with Gasteiger partial charge in [0, 0.05) is 31.4 Å². The van der Waals surface area contributed by atoms with E-state index in [4.69, 9.17) is 11.6 Å². The Labute approximate surface area is 134 Å². The highest BCUT2D eigenvalue weighted by molar-refractivity contribution is 6.31. The third-order valence-electron chi connectivity index (χ3n) is 4.07. The van der Waals surface area contributed by atoms with Gasteiger partial charge in [0.2, 0.25) is 0 Å². The number of halogens is 1. The van der Waals surface area contributed by atoms with Gasteiger partial charge in [-0.05, 0) is 57.6 Å². The molecule has 4 heteroatoms. The Balaban J connectivity index is 2.10. The summed E-state index contributed by atoms with van der Waals surface area (Å²) >= 11 is 6.30. The first-order valence-corrected chi connectivity index (χ1v) is 8.37. The molecule has 1 fully saturated rings. The molecule has 0 spiro atoms. The van der Waals surface area contributed by atoms with Gasteiger partial charge in [0.15, 0.2) is 0 Å². The Morgan fingerprint density at radius 3 is 2.81 bits per heavy atom. The van der Waals surface area contributed by atoms with Crippen LogP contribution in [0.25, 0.3) is 0 Å². The molecule has 2 rings (SSSR count). The maximum Gasteiger partial charge on any atom is 0.128 e. The van der Waals surface area contributed by atoms with Crippen LogP contribution in [0.1, 0.15) is 52.5 Å². The van der Waals surface area contributed by atoms with Gasteiger partial charge >= 0.3 is 0 Å². The van der Waals surface area contributed by atoms with Gasteiger partial charge in [-0.25, -0.2) is 4.98 Å². The first-order chi connectivity index (χ1) is 9.85. The Kier molecular flexibility index (Phi) is 5.50. The maximum atomic E-state index is 6.30. The molecule has 1 saturated heterocycles. The summed E-state index contributed by atoms with van der Waals surface area (Å²) in [5, 5.41) is 4.25. The summed E-state index contributed by atoms with van der Waals surface area (Å²) in [6.07, 6.45) is 5.62. The second kappa shape index (κ2) is 6.97. The number of rotatable bonds is 3.